The lowest BCUT2D eigenvalue weighted by Gasteiger charge is -2.10. The quantitative estimate of drug-likeness (QED) is 0.870. The first kappa shape index (κ1) is 14.5. The van der Waals surface area contributed by atoms with Crippen LogP contribution in [0.5, 0.6) is 5.75 Å². The van der Waals surface area contributed by atoms with Crippen molar-refractivity contribution in [3.8, 4) is 5.75 Å². The zero-order valence-electron chi connectivity index (χ0n) is 11.3. The Morgan fingerprint density at radius 3 is 2.55 bits per heavy atom. The second-order valence-electron chi connectivity index (χ2n) is 4.53. The van der Waals surface area contributed by atoms with E-state index in [1.54, 1.807) is 12.1 Å². The molecule has 0 aliphatic rings. The van der Waals surface area contributed by atoms with E-state index in [-0.39, 0.29) is 10.6 Å². The highest BCUT2D eigenvalue weighted by Gasteiger charge is 2.18. The largest absolute Gasteiger partial charge is 0.496 e. The van der Waals surface area contributed by atoms with Crippen molar-refractivity contribution in [3.63, 3.8) is 0 Å². The van der Waals surface area contributed by atoms with Crippen LogP contribution in [-0.4, -0.2) is 15.5 Å². The van der Waals surface area contributed by atoms with Crippen LogP contribution in [0.15, 0.2) is 47.4 Å². The highest BCUT2D eigenvalue weighted by Crippen LogP contribution is 2.25. The van der Waals surface area contributed by atoms with Gasteiger partial charge >= 0.3 is 0 Å². The van der Waals surface area contributed by atoms with E-state index in [4.69, 9.17) is 4.74 Å². The number of hydrogen-bond donors (Lipinski definition) is 0. The zero-order chi connectivity index (χ0) is 14.8. The van der Waals surface area contributed by atoms with Gasteiger partial charge in [-0.3, -0.25) is 0 Å². The molecule has 106 valence electrons. The van der Waals surface area contributed by atoms with Crippen LogP contribution in [-0.2, 0) is 15.6 Å². The van der Waals surface area contributed by atoms with Gasteiger partial charge in [0.05, 0.1) is 17.8 Å². The molecular formula is C15H15FO3S. The molecule has 2 aromatic rings. The molecule has 0 heterocycles. The van der Waals surface area contributed by atoms with E-state index in [0.717, 1.165) is 11.6 Å². The summed E-state index contributed by atoms with van der Waals surface area (Å²) < 4.78 is 42.9. The second kappa shape index (κ2) is 5.63. The van der Waals surface area contributed by atoms with Crippen LogP contribution in [0.2, 0.25) is 0 Å². The summed E-state index contributed by atoms with van der Waals surface area (Å²) in [4.78, 5) is -0.0268. The number of aryl methyl sites for hydroxylation is 1. The van der Waals surface area contributed by atoms with Crippen molar-refractivity contribution in [2.45, 2.75) is 17.6 Å². The summed E-state index contributed by atoms with van der Waals surface area (Å²) in [6.45, 7) is 1.87. The van der Waals surface area contributed by atoms with Gasteiger partial charge in [0.1, 0.15) is 11.6 Å². The Balaban J connectivity index is 2.40. The van der Waals surface area contributed by atoms with Gasteiger partial charge < -0.3 is 4.74 Å². The summed E-state index contributed by atoms with van der Waals surface area (Å²) in [5, 5.41) is 0. The number of methoxy groups -OCH3 is 1. The van der Waals surface area contributed by atoms with Crippen molar-refractivity contribution < 1.29 is 17.5 Å². The van der Waals surface area contributed by atoms with E-state index >= 15 is 0 Å². The number of rotatable bonds is 4. The molecular weight excluding hydrogens is 279 g/mol. The highest BCUT2D eigenvalue weighted by atomic mass is 32.2. The Morgan fingerprint density at radius 1 is 1.15 bits per heavy atom. The molecule has 20 heavy (non-hydrogen) atoms. The third kappa shape index (κ3) is 3.17. The highest BCUT2D eigenvalue weighted by molar-refractivity contribution is 7.90. The van der Waals surface area contributed by atoms with Crippen LogP contribution in [0, 0.1) is 12.7 Å². The van der Waals surface area contributed by atoms with Gasteiger partial charge in [-0.25, -0.2) is 12.8 Å². The lowest BCUT2D eigenvalue weighted by molar-refractivity contribution is 0.411. The van der Waals surface area contributed by atoms with Gasteiger partial charge in [0.15, 0.2) is 9.84 Å². The molecule has 0 aliphatic carbocycles. The molecule has 0 amide bonds. The Hall–Kier alpha value is -1.88. The van der Waals surface area contributed by atoms with Gasteiger partial charge in [-0.15, -0.1) is 0 Å². The molecule has 0 aliphatic heterocycles. The summed E-state index contributed by atoms with van der Waals surface area (Å²) in [6.07, 6.45) is 0. The van der Waals surface area contributed by atoms with Gasteiger partial charge in [-0.05, 0) is 31.2 Å². The van der Waals surface area contributed by atoms with Gasteiger partial charge in [0.25, 0.3) is 0 Å². The van der Waals surface area contributed by atoms with Crippen LogP contribution >= 0.6 is 0 Å². The lowest BCUT2D eigenvalue weighted by atomic mass is 10.1. The molecule has 3 nitrogen and oxygen atoms in total. The Labute approximate surface area is 117 Å². The monoisotopic (exact) mass is 294 g/mol. The van der Waals surface area contributed by atoms with Gasteiger partial charge in [-0.2, -0.15) is 0 Å². The number of sulfone groups is 1. The fraction of sp³-hybridized carbons (Fsp3) is 0.200. The SMILES string of the molecule is COc1ccc(C)cc1CS(=O)(=O)c1cccc(F)c1. The van der Waals surface area contributed by atoms with E-state index < -0.39 is 15.7 Å². The summed E-state index contributed by atoms with van der Waals surface area (Å²) in [5.74, 6) is -0.278. The molecule has 2 aromatic carbocycles. The first-order valence-corrected chi connectivity index (χ1v) is 7.69. The maximum atomic E-state index is 13.2. The minimum absolute atomic E-state index is 0.0268. The Bertz CT molecular complexity index is 724. The topological polar surface area (TPSA) is 43.4 Å². The zero-order valence-corrected chi connectivity index (χ0v) is 12.1. The summed E-state index contributed by atoms with van der Waals surface area (Å²) in [7, 11) is -2.12. The van der Waals surface area contributed by atoms with E-state index in [1.807, 2.05) is 13.0 Å². The molecule has 0 saturated carbocycles. The Kier molecular flexibility index (Phi) is 4.09. The van der Waals surface area contributed by atoms with Gasteiger partial charge in [-0.1, -0.05) is 23.8 Å². The van der Waals surface area contributed by atoms with E-state index in [1.165, 1.54) is 25.3 Å². The average Bonchev–Trinajstić information content (AvgIpc) is 2.38. The maximum Gasteiger partial charge on any atom is 0.182 e. The molecule has 0 spiro atoms. The molecule has 0 atom stereocenters. The summed E-state index contributed by atoms with van der Waals surface area (Å²) in [5.41, 5.74) is 1.51. The molecule has 0 bridgehead atoms. The molecule has 0 unspecified atom stereocenters. The van der Waals surface area contributed by atoms with Crippen LogP contribution < -0.4 is 4.74 Å². The van der Waals surface area contributed by atoms with Crippen molar-refractivity contribution in [2.24, 2.45) is 0 Å². The predicted molar refractivity (Wildman–Crippen MR) is 75.0 cm³/mol. The van der Waals surface area contributed by atoms with Crippen molar-refractivity contribution in [1.82, 2.24) is 0 Å². The molecule has 0 aromatic heterocycles. The van der Waals surface area contributed by atoms with Gasteiger partial charge in [0.2, 0.25) is 0 Å². The van der Waals surface area contributed by atoms with Crippen molar-refractivity contribution in [1.29, 1.82) is 0 Å². The average molecular weight is 294 g/mol. The van der Waals surface area contributed by atoms with Gasteiger partial charge in [0, 0.05) is 5.56 Å². The molecule has 2 rings (SSSR count). The van der Waals surface area contributed by atoms with E-state index in [9.17, 15) is 12.8 Å². The minimum atomic E-state index is -3.61. The number of halogens is 1. The first-order valence-electron chi connectivity index (χ1n) is 6.04. The Morgan fingerprint density at radius 2 is 1.90 bits per heavy atom. The maximum absolute atomic E-state index is 13.2. The second-order valence-corrected chi connectivity index (χ2v) is 6.52. The first-order chi connectivity index (χ1) is 9.42. The van der Waals surface area contributed by atoms with Crippen LogP contribution in [0.4, 0.5) is 4.39 Å². The fourth-order valence-corrected chi connectivity index (χ4v) is 3.35. The number of benzene rings is 2. The smallest absolute Gasteiger partial charge is 0.182 e. The van der Waals surface area contributed by atoms with Crippen LogP contribution in [0.25, 0.3) is 0 Å². The van der Waals surface area contributed by atoms with Crippen molar-refractivity contribution in [3.05, 3.63) is 59.4 Å². The van der Waals surface area contributed by atoms with E-state index in [2.05, 4.69) is 0 Å². The molecule has 0 fully saturated rings. The predicted octanol–water partition coefficient (Wildman–Crippen LogP) is 3.12. The van der Waals surface area contributed by atoms with E-state index in [0.29, 0.717) is 11.3 Å². The van der Waals surface area contributed by atoms with Crippen molar-refractivity contribution >= 4 is 9.84 Å². The summed E-state index contributed by atoms with van der Waals surface area (Å²) in [6, 6.07) is 10.3. The standard InChI is InChI=1S/C15H15FO3S/c1-11-6-7-15(19-2)12(8-11)10-20(17,18)14-5-3-4-13(16)9-14/h3-9H,10H2,1-2H3. The van der Waals surface area contributed by atoms with Crippen LogP contribution in [0.1, 0.15) is 11.1 Å². The third-order valence-corrected chi connectivity index (χ3v) is 4.60. The number of ether oxygens (including phenoxy) is 1. The molecule has 0 N–H and O–H groups in total. The molecule has 5 heteroatoms. The van der Waals surface area contributed by atoms with Crippen LogP contribution in [0.3, 0.4) is 0 Å². The van der Waals surface area contributed by atoms with Crippen molar-refractivity contribution in [2.75, 3.05) is 7.11 Å². The molecule has 0 saturated heterocycles. The number of hydrogen-bond acceptors (Lipinski definition) is 3. The minimum Gasteiger partial charge on any atom is -0.496 e. The fourth-order valence-electron chi connectivity index (χ4n) is 1.97. The molecule has 0 radical (unpaired) electrons. The lowest BCUT2D eigenvalue weighted by Crippen LogP contribution is -2.07. The third-order valence-electron chi connectivity index (χ3n) is 2.94. The normalized spacial score (nSPS) is 11.3. The summed E-state index contributed by atoms with van der Waals surface area (Å²) >= 11 is 0.